The number of aromatic amines is 1. The highest BCUT2D eigenvalue weighted by Crippen LogP contribution is 2.23. The van der Waals surface area contributed by atoms with Gasteiger partial charge in [0.05, 0.1) is 19.1 Å². The lowest BCUT2D eigenvalue weighted by atomic mass is 10.0. The van der Waals surface area contributed by atoms with Gasteiger partial charge >= 0.3 is 0 Å². The molecular formula is C12H17N5O2. The predicted molar refractivity (Wildman–Crippen MR) is 69.4 cm³/mol. The summed E-state index contributed by atoms with van der Waals surface area (Å²) in [5, 5.41) is 6.40. The van der Waals surface area contributed by atoms with Crippen molar-refractivity contribution in [2.75, 3.05) is 19.8 Å². The van der Waals surface area contributed by atoms with Crippen LogP contribution in [0.2, 0.25) is 0 Å². The molecule has 2 aromatic heterocycles. The lowest BCUT2D eigenvalue weighted by molar-refractivity contribution is 0.187. The lowest BCUT2D eigenvalue weighted by Gasteiger charge is -2.15. The minimum atomic E-state index is -0.139. The van der Waals surface area contributed by atoms with Gasteiger partial charge in [0.25, 0.3) is 11.3 Å². The fourth-order valence-corrected chi connectivity index (χ4v) is 2.46. The van der Waals surface area contributed by atoms with Crippen LogP contribution < -0.4 is 10.9 Å². The minimum absolute atomic E-state index is 0.126. The van der Waals surface area contributed by atoms with Crippen LogP contribution in [-0.2, 0) is 4.74 Å². The summed E-state index contributed by atoms with van der Waals surface area (Å²) in [4.78, 5) is 20.5. The molecule has 0 aromatic carbocycles. The number of ether oxygens (including phenoxy) is 1. The molecule has 1 aliphatic heterocycles. The highest BCUT2D eigenvalue weighted by atomic mass is 16.5. The maximum Gasteiger partial charge on any atom is 0.274 e. The van der Waals surface area contributed by atoms with E-state index < -0.39 is 0 Å². The second-order valence-electron chi connectivity index (χ2n) is 4.79. The fourth-order valence-electron chi connectivity index (χ4n) is 2.46. The van der Waals surface area contributed by atoms with Crippen molar-refractivity contribution in [1.29, 1.82) is 0 Å². The Labute approximate surface area is 110 Å². The molecular weight excluding hydrogens is 246 g/mol. The molecule has 1 saturated heterocycles. The number of hydrogen-bond acceptors (Lipinski definition) is 5. The fraction of sp³-hybridized carbons (Fsp3) is 0.583. The number of H-pyrrole nitrogens is 1. The highest BCUT2D eigenvalue weighted by molar-refractivity contribution is 5.29. The molecule has 0 aliphatic carbocycles. The number of fused-ring (bicyclic) bond motifs is 1. The Morgan fingerprint density at radius 3 is 3.16 bits per heavy atom. The first kappa shape index (κ1) is 12.3. The third-order valence-electron chi connectivity index (χ3n) is 3.37. The van der Waals surface area contributed by atoms with Crippen molar-refractivity contribution in [2.45, 2.75) is 25.8 Å². The second-order valence-corrected chi connectivity index (χ2v) is 4.79. The summed E-state index contributed by atoms with van der Waals surface area (Å²) >= 11 is 0. The van der Waals surface area contributed by atoms with Crippen molar-refractivity contribution in [2.24, 2.45) is 0 Å². The van der Waals surface area contributed by atoms with Gasteiger partial charge in [0.1, 0.15) is 5.82 Å². The number of aryl methyl sites for hydroxylation is 1. The summed E-state index contributed by atoms with van der Waals surface area (Å²) in [7, 11) is 0. The summed E-state index contributed by atoms with van der Waals surface area (Å²) in [6.45, 7) is 5.99. The number of rotatable bonds is 3. The first-order valence-corrected chi connectivity index (χ1v) is 6.46. The van der Waals surface area contributed by atoms with E-state index in [0.29, 0.717) is 24.7 Å². The Hall–Kier alpha value is -1.73. The smallest absolute Gasteiger partial charge is 0.274 e. The van der Waals surface area contributed by atoms with Crippen LogP contribution in [0, 0.1) is 6.92 Å². The summed E-state index contributed by atoms with van der Waals surface area (Å²) in [6, 6.07) is 1.71. The average molecular weight is 263 g/mol. The zero-order chi connectivity index (χ0) is 13.4. The van der Waals surface area contributed by atoms with Crippen LogP contribution in [0.25, 0.3) is 5.78 Å². The number of hydrogen-bond donors (Lipinski definition) is 2. The molecule has 2 unspecified atom stereocenters. The SMILES string of the molecule is CCNC1COCC1c1nc2nc(C)cc(=O)n2[nH]1. The zero-order valence-corrected chi connectivity index (χ0v) is 11.0. The Kier molecular flexibility index (Phi) is 3.08. The van der Waals surface area contributed by atoms with Crippen LogP contribution in [0.3, 0.4) is 0 Å². The molecule has 102 valence electrons. The molecule has 0 radical (unpaired) electrons. The van der Waals surface area contributed by atoms with Gasteiger partial charge in [-0.2, -0.15) is 9.50 Å². The zero-order valence-electron chi connectivity index (χ0n) is 11.0. The van der Waals surface area contributed by atoms with Crippen LogP contribution in [0.5, 0.6) is 0 Å². The standard InChI is InChI=1S/C12H17N5O2/c1-3-13-9-6-19-5-8(9)11-15-12-14-7(2)4-10(18)17(12)16-11/h4,8-9,13H,3,5-6H2,1-2H3,(H,14,15,16). The Morgan fingerprint density at radius 1 is 1.53 bits per heavy atom. The molecule has 19 heavy (non-hydrogen) atoms. The minimum Gasteiger partial charge on any atom is -0.379 e. The van der Waals surface area contributed by atoms with Gasteiger partial charge in [0, 0.05) is 17.8 Å². The van der Waals surface area contributed by atoms with Gasteiger partial charge in [-0.3, -0.25) is 9.89 Å². The van der Waals surface area contributed by atoms with E-state index >= 15 is 0 Å². The molecule has 3 rings (SSSR count). The highest BCUT2D eigenvalue weighted by Gasteiger charge is 2.31. The Balaban J connectivity index is 2.01. The van der Waals surface area contributed by atoms with E-state index in [2.05, 4.69) is 27.3 Å². The summed E-state index contributed by atoms with van der Waals surface area (Å²) < 4.78 is 6.87. The van der Waals surface area contributed by atoms with E-state index in [1.54, 1.807) is 6.92 Å². The number of aromatic nitrogens is 4. The molecule has 7 heteroatoms. The van der Waals surface area contributed by atoms with Gasteiger partial charge in [-0.1, -0.05) is 6.92 Å². The van der Waals surface area contributed by atoms with Crippen molar-refractivity contribution in [1.82, 2.24) is 24.9 Å². The molecule has 7 nitrogen and oxygen atoms in total. The maximum absolute atomic E-state index is 11.8. The maximum atomic E-state index is 11.8. The summed E-state index contributed by atoms with van der Waals surface area (Å²) in [5.74, 6) is 1.29. The largest absolute Gasteiger partial charge is 0.379 e. The number of likely N-dealkylation sites (N-methyl/N-ethyl adjacent to an activating group) is 1. The Morgan fingerprint density at radius 2 is 2.37 bits per heavy atom. The van der Waals surface area contributed by atoms with Crippen molar-refractivity contribution >= 4 is 5.78 Å². The van der Waals surface area contributed by atoms with E-state index in [9.17, 15) is 4.79 Å². The Bertz CT molecular complexity index is 647. The third-order valence-corrected chi connectivity index (χ3v) is 3.37. The molecule has 1 aliphatic rings. The van der Waals surface area contributed by atoms with Crippen LogP contribution >= 0.6 is 0 Å². The molecule has 0 amide bonds. The molecule has 3 heterocycles. The summed E-state index contributed by atoms with van der Waals surface area (Å²) in [6.07, 6.45) is 0. The van der Waals surface area contributed by atoms with E-state index in [-0.39, 0.29) is 17.5 Å². The van der Waals surface area contributed by atoms with Crippen molar-refractivity contribution in [3.05, 3.63) is 27.9 Å². The van der Waals surface area contributed by atoms with Crippen LogP contribution in [0.4, 0.5) is 0 Å². The lowest BCUT2D eigenvalue weighted by Crippen LogP contribution is -2.34. The molecule has 0 saturated carbocycles. The van der Waals surface area contributed by atoms with Gasteiger partial charge < -0.3 is 10.1 Å². The van der Waals surface area contributed by atoms with Gasteiger partial charge in [-0.25, -0.2) is 4.98 Å². The molecule has 2 aromatic rings. The van der Waals surface area contributed by atoms with Gasteiger partial charge in [0.2, 0.25) is 0 Å². The van der Waals surface area contributed by atoms with Gasteiger partial charge in [-0.05, 0) is 13.5 Å². The van der Waals surface area contributed by atoms with E-state index in [4.69, 9.17) is 4.74 Å². The third kappa shape index (κ3) is 2.15. The summed E-state index contributed by atoms with van der Waals surface area (Å²) in [5.41, 5.74) is 0.536. The van der Waals surface area contributed by atoms with Crippen LogP contribution in [0.1, 0.15) is 24.4 Å². The van der Waals surface area contributed by atoms with Crippen LogP contribution in [0.15, 0.2) is 10.9 Å². The molecule has 0 spiro atoms. The van der Waals surface area contributed by atoms with Gasteiger partial charge in [0.15, 0.2) is 0 Å². The normalized spacial score (nSPS) is 23.3. The number of nitrogens with zero attached hydrogens (tertiary/aromatic N) is 3. The van der Waals surface area contributed by atoms with E-state index in [1.165, 1.54) is 10.6 Å². The quantitative estimate of drug-likeness (QED) is 0.802. The van der Waals surface area contributed by atoms with Crippen molar-refractivity contribution in [3.8, 4) is 0 Å². The molecule has 2 atom stereocenters. The monoisotopic (exact) mass is 263 g/mol. The second kappa shape index (κ2) is 4.75. The number of nitrogens with one attached hydrogen (secondary N) is 2. The molecule has 0 bridgehead atoms. The van der Waals surface area contributed by atoms with Gasteiger partial charge in [-0.15, -0.1) is 0 Å². The van der Waals surface area contributed by atoms with E-state index in [0.717, 1.165) is 12.4 Å². The first-order valence-electron chi connectivity index (χ1n) is 6.46. The molecule has 2 N–H and O–H groups in total. The van der Waals surface area contributed by atoms with Crippen molar-refractivity contribution in [3.63, 3.8) is 0 Å². The van der Waals surface area contributed by atoms with Crippen molar-refractivity contribution < 1.29 is 4.74 Å². The topological polar surface area (TPSA) is 84.3 Å². The first-order chi connectivity index (χ1) is 9.19. The average Bonchev–Trinajstić information content (AvgIpc) is 2.95. The molecule has 1 fully saturated rings. The van der Waals surface area contributed by atoms with E-state index in [1.807, 2.05) is 0 Å². The predicted octanol–water partition coefficient (Wildman–Crippen LogP) is -0.182. The van der Waals surface area contributed by atoms with Crippen LogP contribution in [-0.4, -0.2) is 45.4 Å².